The fourth-order valence-electron chi connectivity index (χ4n) is 2.55. The molecule has 1 saturated carbocycles. The lowest BCUT2D eigenvalue weighted by Crippen LogP contribution is -2.42. The molecule has 1 aromatic rings. The van der Waals surface area contributed by atoms with Crippen LogP contribution < -0.4 is 5.73 Å². The molecule has 0 aromatic heterocycles. The predicted molar refractivity (Wildman–Crippen MR) is 65.8 cm³/mol. The molecular formula is C12H16BrNO2. The van der Waals surface area contributed by atoms with Crippen LogP contribution in [0.15, 0.2) is 28.7 Å². The van der Waals surface area contributed by atoms with Crippen LogP contribution in [0.5, 0.6) is 0 Å². The summed E-state index contributed by atoms with van der Waals surface area (Å²) in [5.41, 5.74) is 6.71. The highest BCUT2D eigenvalue weighted by molar-refractivity contribution is 9.10. The van der Waals surface area contributed by atoms with Crippen molar-refractivity contribution < 1.29 is 10.2 Å². The van der Waals surface area contributed by atoms with E-state index in [1.54, 1.807) is 0 Å². The van der Waals surface area contributed by atoms with E-state index in [-0.39, 0.29) is 12.5 Å². The molecule has 0 saturated heterocycles. The average molecular weight is 286 g/mol. The maximum Gasteiger partial charge on any atom is 0.0565 e. The fraction of sp³-hybridized carbons (Fsp3) is 0.500. The molecule has 0 aliphatic heterocycles. The average Bonchev–Trinajstić information content (AvgIpc) is 2.55. The lowest BCUT2D eigenvalue weighted by molar-refractivity contribution is 0.161. The van der Waals surface area contributed by atoms with Crippen molar-refractivity contribution >= 4 is 15.9 Å². The standard InChI is InChI=1S/C12H16BrNO2/c13-10-3-1-2-8(4-10)12(14)6-11(16)5-9(12)7-15/h1-4,9,11,15-16H,5-7,14H2. The van der Waals surface area contributed by atoms with Crippen molar-refractivity contribution in [3.8, 4) is 0 Å². The van der Waals surface area contributed by atoms with Crippen LogP contribution >= 0.6 is 15.9 Å². The van der Waals surface area contributed by atoms with Crippen LogP contribution in [0.4, 0.5) is 0 Å². The van der Waals surface area contributed by atoms with Gasteiger partial charge in [-0.15, -0.1) is 0 Å². The Bertz CT molecular complexity index is 385. The topological polar surface area (TPSA) is 66.5 Å². The molecule has 16 heavy (non-hydrogen) atoms. The molecule has 3 unspecified atom stereocenters. The van der Waals surface area contributed by atoms with Crippen LogP contribution in [-0.4, -0.2) is 22.9 Å². The molecule has 1 aromatic carbocycles. The monoisotopic (exact) mass is 285 g/mol. The molecule has 88 valence electrons. The second-order valence-corrected chi connectivity index (χ2v) is 5.44. The zero-order chi connectivity index (χ0) is 11.8. The van der Waals surface area contributed by atoms with Gasteiger partial charge in [-0.2, -0.15) is 0 Å². The molecule has 1 aliphatic rings. The number of aliphatic hydroxyl groups excluding tert-OH is 2. The van der Waals surface area contributed by atoms with Gasteiger partial charge in [0.05, 0.1) is 6.10 Å². The number of rotatable bonds is 2. The van der Waals surface area contributed by atoms with Crippen molar-refractivity contribution in [3.63, 3.8) is 0 Å². The van der Waals surface area contributed by atoms with Gasteiger partial charge in [-0.3, -0.25) is 0 Å². The Balaban J connectivity index is 2.37. The Kier molecular flexibility index (Phi) is 3.35. The second-order valence-electron chi connectivity index (χ2n) is 4.52. The SMILES string of the molecule is NC1(c2cccc(Br)c2)CC(O)CC1CO. The number of benzene rings is 1. The van der Waals surface area contributed by atoms with Crippen molar-refractivity contribution in [2.24, 2.45) is 11.7 Å². The van der Waals surface area contributed by atoms with E-state index in [2.05, 4.69) is 15.9 Å². The maximum absolute atomic E-state index is 9.69. The van der Waals surface area contributed by atoms with E-state index in [0.717, 1.165) is 10.0 Å². The highest BCUT2D eigenvalue weighted by Crippen LogP contribution is 2.41. The maximum atomic E-state index is 9.69. The Labute approximate surface area is 103 Å². The van der Waals surface area contributed by atoms with Crippen LogP contribution in [0.3, 0.4) is 0 Å². The van der Waals surface area contributed by atoms with Gasteiger partial charge in [0.1, 0.15) is 0 Å². The van der Waals surface area contributed by atoms with E-state index in [0.29, 0.717) is 12.8 Å². The summed E-state index contributed by atoms with van der Waals surface area (Å²) in [4.78, 5) is 0. The second kappa shape index (κ2) is 4.45. The van der Waals surface area contributed by atoms with E-state index in [9.17, 15) is 10.2 Å². The molecule has 2 rings (SSSR count). The van der Waals surface area contributed by atoms with Crippen LogP contribution in [0.2, 0.25) is 0 Å². The molecule has 0 radical (unpaired) electrons. The van der Waals surface area contributed by atoms with E-state index >= 15 is 0 Å². The zero-order valence-electron chi connectivity index (χ0n) is 8.94. The highest BCUT2D eigenvalue weighted by atomic mass is 79.9. The third kappa shape index (κ3) is 2.02. The molecular weight excluding hydrogens is 270 g/mol. The third-order valence-corrected chi connectivity index (χ3v) is 3.93. The van der Waals surface area contributed by atoms with Gasteiger partial charge in [0.2, 0.25) is 0 Å². The summed E-state index contributed by atoms with van der Waals surface area (Å²) in [7, 11) is 0. The van der Waals surface area contributed by atoms with Gasteiger partial charge < -0.3 is 15.9 Å². The minimum Gasteiger partial charge on any atom is -0.396 e. The number of hydrogen-bond acceptors (Lipinski definition) is 3. The summed E-state index contributed by atoms with van der Waals surface area (Å²) in [6.45, 7) is 0.0140. The molecule has 0 bridgehead atoms. The lowest BCUT2D eigenvalue weighted by Gasteiger charge is -2.30. The summed E-state index contributed by atoms with van der Waals surface area (Å²) in [6.07, 6.45) is 0.662. The molecule has 0 spiro atoms. The van der Waals surface area contributed by atoms with E-state index in [4.69, 9.17) is 5.73 Å². The van der Waals surface area contributed by atoms with Crippen LogP contribution in [-0.2, 0) is 5.54 Å². The zero-order valence-corrected chi connectivity index (χ0v) is 10.5. The van der Waals surface area contributed by atoms with Gasteiger partial charge in [0, 0.05) is 22.5 Å². The first-order valence-corrected chi connectivity index (χ1v) is 6.19. The molecule has 4 N–H and O–H groups in total. The van der Waals surface area contributed by atoms with Crippen molar-refractivity contribution in [2.45, 2.75) is 24.5 Å². The summed E-state index contributed by atoms with van der Waals surface area (Å²) < 4.78 is 0.966. The summed E-state index contributed by atoms with van der Waals surface area (Å²) in [6, 6.07) is 7.77. The molecule has 0 amide bonds. The molecule has 0 heterocycles. The Morgan fingerprint density at radius 2 is 2.25 bits per heavy atom. The van der Waals surface area contributed by atoms with E-state index in [1.807, 2.05) is 24.3 Å². The molecule has 1 aliphatic carbocycles. The smallest absolute Gasteiger partial charge is 0.0565 e. The number of hydrogen-bond donors (Lipinski definition) is 3. The Morgan fingerprint density at radius 3 is 2.88 bits per heavy atom. The number of halogens is 1. The van der Waals surface area contributed by atoms with Crippen molar-refractivity contribution in [1.82, 2.24) is 0 Å². The minimum absolute atomic E-state index is 0.0140. The first-order valence-electron chi connectivity index (χ1n) is 5.40. The van der Waals surface area contributed by atoms with Gasteiger partial charge in [-0.25, -0.2) is 0 Å². The van der Waals surface area contributed by atoms with Gasteiger partial charge in [-0.05, 0) is 30.5 Å². The first-order chi connectivity index (χ1) is 7.56. The summed E-state index contributed by atoms with van der Waals surface area (Å²) in [5.74, 6) is -0.0724. The highest BCUT2D eigenvalue weighted by Gasteiger charge is 2.44. The van der Waals surface area contributed by atoms with Crippen LogP contribution in [0.1, 0.15) is 18.4 Å². The largest absolute Gasteiger partial charge is 0.396 e. The molecule has 1 fully saturated rings. The number of aliphatic hydroxyl groups is 2. The molecule has 3 nitrogen and oxygen atoms in total. The van der Waals surface area contributed by atoms with Crippen LogP contribution in [0.25, 0.3) is 0 Å². The van der Waals surface area contributed by atoms with E-state index < -0.39 is 11.6 Å². The van der Waals surface area contributed by atoms with Gasteiger partial charge in [0.15, 0.2) is 0 Å². The summed E-state index contributed by atoms with van der Waals surface area (Å²) in [5, 5.41) is 19.0. The summed E-state index contributed by atoms with van der Waals surface area (Å²) >= 11 is 3.41. The van der Waals surface area contributed by atoms with Crippen molar-refractivity contribution in [2.75, 3.05) is 6.61 Å². The predicted octanol–water partition coefficient (Wildman–Crippen LogP) is 1.37. The van der Waals surface area contributed by atoms with Gasteiger partial charge in [-0.1, -0.05) is 28.1 Å². The Morgan fingerprint density at radius 1 is 1.50 bits per heavy atom. The van der Waals surface area contributed by atoms with Crippen LogP contribution in [0, 0.1) is 5.92 Å². The quantitative estimate of drug-likeness (QED) is 0.769. The minimum atomic E-state index is -0.613. The fourth-order valence-corrected chi connectivity index (χ4v) is 2.95. The van der Waals surface area contributed by atoms with Gasteiger partial charge in [0.25, 0.3) is 0 Å². The first kappa shape index (κ1) is 12.0. The number of nitrogens with two attached hydrogens (primary N) is 1. The third-order valence-electron chi connectivity index (χ3n) is 3.44. The molecule has 4 heteroatoms. The van der Waals surface area contributed by atoms with Crippen molar-refractivity contribution in [3.05, 3.63) is 34.3 Å². The normalized spacial score (nSPS) is 34.2. The van der Waals surface area contributed by atoms with E-state index in [1.165, 1.54) is 0 Å². The molecule has 3 atom stereocenters. The Hall–Kier alpha value is -0.420. The lowest BCUT2D eigenvalue weighted by atomic mass is 9.82. The van der Waals surface area contributed by atoms with Crippen molar-refractivity contribution in [1.29, 1.82) is 0 Å². The van der Waals surface area contributed by atoms with Gasteiger partial charge >= 0.3 is 0 Å².